The van der Waals surface area contributed by atoms with E-state index in [1.807, 2.05) is 4.90 Å². The van der Waals surface area contributed by atoms with Gasteiger partial charge in [-0.1, -0.05) is 29.8 Å². The van der Waals surface area contributed by atoms with Crippen molar-refractivity contribution >= 4 is 5.91 Å². The summed E-state index contributed by atoms with van der Waals surface area (Å²) in [5.41, 5.74) is 2.58. The summed E-state index contributed by atoms with van der Waals surface area (Å²) in [6.07, 6.45) is 0.937. The molecule has 1 amide bonds. The van der Waals surface area contributed by atoms with Gasteiger partial charge in [0.25, 0.3) is 0 Å². The van der Waals surface area contributed by atoms with Crippen molar-refractivity contribution < 1.29 is 4.79 Å². The number of carbonyl (C=O) groups excluding carboxylic acids is 1. The fourth-order valence-corrected chi connectivity index (χ4v) is 2.35. The average Bonchev–Trinajstić information content (AvgIpc) is 2.32. The maximum absolute atomic E-state index is 11.6. The molecule has 0 bridgehead atoms. The summed E-state index contributed by atoms with van der Waals surface area (Å²) in [5.74, 6) is 0.184. The van der Waals surface area contributed by atoms with Crippen LogP contribution in [0.2, 0.25) is 0 Å². The first kappa shape index (κ1) is 12.1. The van der Waals surface area contributed by atoms with Crippen molar-refractivity contribution in [2.75, 3.05) is 19.6 Å². The van der Waals surface area contributed by atoms with Gasteiger partial charge in [0.05, 0.1) is 0 Å². The molecular weight excluding hydrogens is 212 g/mol. The van der Waals surface area contributed by atoms with Crippen molar-refractivity contribution in [2.45, 2.75) is 26.3 Å². The van der Waals surface area contributed by atoms with Crippen molar-refractivity contribution in [3.63, 3.8) is 0 Å². The van der Waals surface area contributed by atoms with Crippen LogP contribution in [0.15, 0.2) is 24.3 Å². The normalized spacial score (nSPS) is 20.4. The minimum atomic E-state index is 0.184. The number of amides is 1. The molecule has 1 unspecified atom stereocenters. The summed E-state index contributed by atoms with van der Waals surface area (Å²) >= 11 is 0. The first-order valence-electron chi connectivity index (χ1n) is 6.20. The number of carbonyl (C=O) groups is 1. The van der Waals surface area contributed by atoms with E-state index >= 15 is 0 Å². The monoisotopic (exact) mass is 232 g/mol. The molecule has 1 heterocycles. The van der Waals surface area contributed by atoms with E-state index in [9.17, 15) is 4.79 Å². The number of rotatable bonds is 2. The van der Waals surface area contributed by atoms with Gasteiger partial charge >= 0.3 is 0 Å². The van der Waals surface area contributed by atoms with Gasteiger partial charge in [0.2, 0.25) is 5.91 Å². The average molecular weight is 232 g/mol. The lowest BCUT2D eigenvalue weighted by atomic mass is 10.0. The highest BCUT2D eigenvalue weighted by atomic mass is 16.2. The van der Waals surface area contributed by atoms with Gasteiger partial charge in [0.15, 0.2) is 0 Å². The first-order chi connectivity index (χ1) is 8.16. The van der Waals surface area contributed by atoms with E-state index in [-0.39, 0.29) is 5.91 Å². The number of piperazine rings is 1. The molecule has 1 N–H and O–H groups in total. The highest BCUT2D eigenvalue weighted by Crippen LogP contribution is 2.12. The van der Waals surface area contributed by atoms with Gasteiger partial charge in [0.1, 0.15) is 0 Å². The second-order valence-corrected chi connectivity index (χ2v) is 4.76. The molecule has 1 saturated heterocycles. The van der Waals surface area contributed by atoms with Gasteiger partial charge in [0, 0.05) is 32.6 Å². The summed E-state index contributed by atoms with van der Waals surface area (Å²) in [6.45, 7) is 6.38. The van der Waals surface area contributed by atoms with E-state index < -0.39 is 0 Å². The summed E-state index contributed by atoms with van der Waals surface area (Å²) in [7, 11) is 0. The highest BCUT2D eigenvalue weighted by molar-refractivity contribution is 5.73. The molecule has 1 aliphatic rings. The Kier molecular flexibility index (Phi) is 3.79. The standard InChI is InChI=1S/C14H20N2O/c1-11-3-5-13(6-4-11)9-14-10-15-7-8-16(14)12(2)17/h3-6,14-15H,7-10H2,1-2H3. The molecule has 17 heavy (non-hydrogen) atoms. The molecule has 1 atom stereocenters. The zero-order valence-electron chi connectivity index (χ0n) is 10.6. The molecule has 1 aromatic rings. The third-order valence-electron chi connectivity index (χ3n) is 3.35. The molecule has 0 spiro atoms. The van der Waals surface area contributed by atoms with E-state index in [1.54, 1.807) is 6.92 Å². The topological polar surface area (TPSA) is 32.3 Å². The molecule has 1 aliphatic heterocycles. The molecular formula is C14H20N2O. The lowest BCUT2D eigenvalue weighted by molar-refractivity contribution is -0.131. The lowest BCUT2D eigenvalue weighted by Gasteiger charge is -2.35. The SMILES string of the molecule is CC(=O)N1CCNCC1Cc1ccc(C)cc1. The second kappa shape index (κ2) is 5.32. The molecule has 3 nitrogen and oxygen atoms in total. The van der Waals surface area contributed by atoms with Crippen LogP contribution >= 0.6 is 0 Å². The highest BCUT2D eigenvalue weighted by Gasteiger charge is 2.23. The summed E-state index contributed by atoms with van der Waals surface area (Å²) in [6, 6.07) is 8.86. The molecule has 3 heteroatoms. The Morgan fingerprint density at radius 2 is 2.12 bits per heavy atom. The van der Waals surface area contributed by atoms with E-state index in [0.717, 1.165) is 26.1 Å². The Hall–Kier alpha value is -1.35. The minimum absolute atomic E-state index is 0.184. The third-order valence-corrected chi connectivity index (χ3v) is 3.35. The largest absolute Gasteiger partial charge is 0.337 e. The van der Waals surface area contributed by atoms with Crippen molar-refractivity contribution in [3.8, 4) is 0 Å². The van der Waals surface area contributed by atoms with Crippen LogP contribution in [0.4, 0.5) is 0 Å². The Morgan fingerprint density at radius 1 is 1.41 bits per heavy atom. The molecule has 1 aromatic carbocycles. The molecule has 2 rings (SSSR count). The Bertz CT molecular complexity index is 386. The van der Waals surface area contributed by atoms with Crippen LogP contribution in [0, 0.1) is 6.92 Å². The van der Waals surface area contributed by atoms with Crippen molar-refractivity contribution in [1.29, 1.82) is 0 Å². The number of aryl methyl sites for hydroxylation is 1. The van der Waals surface area contributed by atoms with Crippen LogP contribution in [-0.4, -0.2) is 36.5 Å². The van der Waals surface area contributed by atoms with Crippen LogP contribution in [0.5, 0.6) is 0 Å². The van der Waals surface area contributed by atoms with Gasteiger partial charge < -0.3 is 10.2 Å². The fourth-order valence-electron chi connectivity index (χ4n) is 2.35. The molecule has 0 radical (unpaired) electrons. The zero-order valence-corrected chi connectivity index (χ0v) is 10.6. The third kappa shape index (κ3) is 3.07. The number of hydrogen-bond donors (Lipinski definition) is 1. The molecule has 92 valence electrons. The number of benzene rings is 1. The predicted octanol–water partition coefficient (Wildman–Crippen LogP) is 1.36. The van der Waals surface area contributed by atoms with Gasteiger partial charge in [-0.25, -0.2) is 0 Å². The summed E-state index contributed by atoms with van der Waals surface area (Å²) in [4.78, 5) is 13.5. The van der Waals surface area contributed by atoms with Crippen molar-refractivity contribution in [3.05, 3.63) is 35.4 Å². The summed E-state index contributed by atoms with van der Waals surface area (Å²) < 4.78 is 0. The Balaban J connectivity index is 2.05. The Labute approximate surface area is 103 Å². The Morgan fingerprint density at radius 3 is 2.76 bits per heavy atom. The lowest BCUT2D eigenvalue weighted by Crippen LogP contribution is -2.53. The van der Waals surface area contributed by atoms with Gasteiger partial charge in [-0.05, 0) is 18.9 Å². The quantitative estimate of drug-likeness (QED) is 0.835. The van der Waals surface area contributed by atoms with Crippen LogP contribution in [0.25, 0.3) is 0 Å². The first-order valence-corrected chi connectivity index (χ1v) is 6.20. The van der Waals surface area contributed by atoms with Crippen LogP contribution in [-0.2, 0) is 11.2 Å². The molecule has 0 saturated carbocycles. The van der Waals surface area contributed by atoms with Crippen molar-refractivity contribution in [1.82, 2.24) is 10.2 Å². The molecule has 1 fully saturated rings. The smallest absolute Gasteiger partial charge is 0.219 e. The maximum Gasteiger partial charge on any atom is 0.219 e. The maximum atomic E-state index is 11.6. The van der Waals surface area contributed by atoms with Crippen LogP contribution in [0.1, 0.15) is 18.1 Å². The van der Waals surface area contributed by atoms with E-state index in [1.165, 1.54) is 11.1 Å². The fraction of sp³-hybridized carbons (Fsp3) is 0.500. The van der Waals surface area contributed by atoms with Gasteiger partial charge in [-0.2, -0.15) is 0 Å². The summed E-state index contributed by atoms with van der Waals surface area (Å²) in [5, 5.41) is 3.36. The number of hydrogen-bond acceptors (Lipinski definition) is 2. The molecule has 0 aromatic heterocycles. The van der Waals surface area contributed by atoms with Crippen LogP contribution < -0.4 is 5.32 Å². The second-order valence-electron chi connectivity index (χ2n) is 4.76. The van der Waals surface area contributed by atoms with E-state index in [4.69, 9.17) is 0 Å². The van der Waals surface area contributed by atoms with E-state index in [0.29, 0.717) is 6.04 Å². The van der Waals surface area contributed by atoms with Crippen LogP contribution in [0.3, 0.4) is 0 Å². The zero-order chi connectivity index (χ0) is 12.3. The predicted molar refractivity (Wildman–Crippen MR) is 68.9 cm³/mol. The van der Waals surface area contributed by atoms with Crippen molar-refractivity contribution in [2.24, 2.45) is 0 Å². The minimum Gasteiger partial charge on any atom is -0.337 e. The van der Waals surface area contributed by atoms with Gasteiger partial charge in [-0.3, -0.25) is 4.79 Å². The van der Waals surface area contributed by atoms with Gasteiger partial charge in [-0.15, -0.1) is 0 Å². The number of nitrogens with one attached hydrogen (secondary N) is 1. The number of nitrogens with zero attached hydrogens (tertiary/aromatic N) is 1. The molecule has 0 aliphatic carbocycles. The van der Waals surface area contributed by atoms with E-state index in [2.05, 4.69) is 36.5 Å².